The second kappa shape index (κ2) is 4.78. The fraction of sp³-hybridized carbons (Fsp3) is 0.214. The number of hydrogen-bond acceptors (Lipinski definition) is 5. The number of halogens is 1. The van der Waals surface area contributed by atoms with Gasteiger partial charge in [-0.25, -0.2) is 9.37 Å². The highest BCUT2D eigenvalue weighted by Crippen LogP contribution is 2.22. The lowest BCUT2D eigenvalue weighted by Gasteiger charge is -2.13. The second-order valence-electron chi connectivity index (χ2n) is 4.85. The number of nitrogens with one attached hydrogen (secondary N) is 1. The van der Waals surface area contributed by atoms with Crippen LogP contribution in [0.15, 0.2) is 35.0 Å². The van der Waals surface area contributed by atoms with Crippen LogP contribution in [0, 0.1) is 5.82 Å². The van der Waals surface area contributed by atoms with Crippen molar-refractivity contribution in [3.63, 3.8) is 0 Å². The van der Waals surface area contributed by atoms with Gasteiger partial charge in [-0.05, 0) is 12.1 Å². The summed E-state index contributed by atoms with van der Waals surface area (Å²) in [5.41, 5.74) is 1.22. The summed E-state index contributed by atoms with van der Waals surface area (Å²) >= 11 is 0. The number of benzene rings is 1. The van der Waals surface area contributed by atoms with Crippen LogP contribution in [0.4, 0.5) is 4.39 Å². The molecular weight excluding hydrogens is 273 g/mol. The van der Waals surface area contributed by atoms with Crippen molar-refractivity contribution in [2.45, 2.75) is 13.1 Å². The molecule has 0 saturated heterocycles. The standard InChI is InChI=1S/C14H12FN5O/c15-10-3-1-2-9(6-10)13-18-14(21-19-13)11-8-20-5-4-16-7-12(20)17-11/h1-3,6,8,16H,4-5,7H2. The molecule has 1 aliphatic heterocycles. The molecule has 0 saturated carbocycles. The van der Waals surface area contributed by atoms with Gasteiger partial charge in [0.2, 0.25) is 5.82 Å². The van der Waals surface area contributed by atoms with Gasteiger partial charge in [0.1, 0.15) is 17.3 Å². The SMILES string of the molecule is Fc1cccc(-c2noc(-c3cn4c(n3)CNCC4)n2)c1. The summed E-state index contributed by atoms with van der Waals surface area (Å²) in [5, 5.41) is 7.14. The number of nitrogens with zero attached hydrogens (tertiary/aromatic N) is 4. The molecule has 6 nitrogen and oxygen atoms in total. The minimum atomic E-state index is -0.331. The molecule has 0 bridgehead atoms. The fourth-order valence-electron chi connectivity index (χ4n) is 2.36. The maximum absolute atomic E-state index is 13.2. The van der Waals surface area contributed by atoms with Crippen LogP contribution in [0.3, 0.4) is 0 Å². The molecule has 0 aliphatic carbocycles. The van der Waals surface area contributed by atoms with Gasteiger partial charge >= 0.3 is 0 Å². The van der Waals surface area contributed by atoms with Gasteiger partial charge in [0.05, 0.1) is 6.54 Å². The predicted octanol–water partition coefficient (Wildman–Crippen LogP) is 1.84. The van der Waals surface area contributed by atoms with Gasteiger partial charge in [-0.1, -0.05) is 17.3 Å². The molecule has 2 aromatic heterocycles. The van der Waals surface area contributed by atoms with Crippen molar-refractivity contribution in [1.82, 2.24) is 25.0 Å². The summed E-state index contributed by atoms with van der Waals surface area (Å²) in [6, 6.07) is 6.10. The Hall–Kier alpha value is -2.54. The predicted molar refractivity (Wildman–Crippen MR) is 72.6 cm³/mol. The lowest BCUT2D eigenvalue weighted by Crippen LogP contribution is -2.27. The first-order valence-corrected chi connectivity index (χ1v) is 6.66. The molecule has 7 heteroatoms. The van der Waals surface area contributed by atoms with Crippen LogP contribution in [0.1, 0.15) is 5.82 Å². The Morgan fingerprint density at radius 1 is 1.29 bits per heavy atom. The zero-order valence-corrected chi connectivity index (χ0v) is 11.1. The highest BCUT2D eigenvalue weighted by Gasteiger charge is 2.17. The van der Waals surface area contributed by atoms with Crippen LogP contribution < -0.4 is 5.32 Å². The Kier molecular flexibility index (Phi) is 2.78. The van der Waals surface area contributed by atoms with Crippen molar-refractivity contribution in [3.05, 3.63) is 42.1 Å². The normalized spacial score (nSPS) is 14.1. The van der Waals surface area contributed by atoms with Crippen molar-refractivity contribution in [2.75, 3.05) is 6.54 Å². The molecule has 21 heavy (non-hydrogen) atoms. The third-order valence-electron chi connectivity index (χ3n) is 3.40. The third-order valence-corrected chi connectivity index (χ3v) is 3.40. The van der Waals surface area contributed by atoms with Crippen LogP contribution in [-0.2, 0) is 13.1 Å². The Morgan fingerprint density at radius 3 is 3.10 bits per heavy atom. The Labute approximate surface area is 119 Å². The molecule has 1 N–H and O–H groups in total. The maximum atomic E-state index is 13.2. The molecule has 0 fully saturated rings. The minimum absolute atomic E-state index is 0.331. The first kappa shape index (κ1) is 12.2. The van der Waals surface area contributed by atoms with E-state index in [4.69, 9.17) is 4.52 Å². The van der Waals surface area contributed by atoms with E-state index in [0.717, 1.165) is 25.5 Å². The van der Waals surface area contributed by atoms with Crippen LogP contribution in [0.5, 0.6) is 0 Å². The lowest BCUT2D eigenvalue weighted by molar-refractivity contribution is 0.431. The van der Waals surface area contributed by atoms with Gasteiger partial charge in [-0.3, -0.25) is 0 Å². The van der Waals surface area contributed by atoms with Gasteiger partial charge in [-0.2, -0.15) is 4.98 Å². The van der Waals surface area contributed by atoms with E-state index >= 15 is 0 Å². The van der Waals surface area contributed by atoms with Crippen molar-refractivity contribution in [1.29, 1.82) is 0 Å². The van der Waals surface area contributed by atoms with E-state index in [2.05, 4.69) is 25.0 Å². The van der Waals surface area contributed by atoms with Crippen LogP contribution in [-0.4, -0.2) is 26.2 Å². The third kappa shape index (κ3) is 2.21. The molecule has 1 aliphatic rings. The van der Waals surface area contributed by atoms with Crippen LogP contribution in [0.2, 0.25) is 0 Å². The molecule has 106 valence electrons. The second-order valence-corrected chi connectivity index (χ2v) is 4.85. The number of hydrogen-bond donors (Lipinski definition) is 1. The molecular formula is C14H12FN5O. The zero-order valence-electron chi connectivity index (χ0n) is 11.1. The molecule has 1 aromatic carbocycles. The molecule has 0 spiro atoms. The van der Waals surface area contributed by atoms with Gasteiger partial charge in [0.25, 0.3) is 5.89 Å². The lowest BCUT2D eigenvalue weighted by atomic mass is 10.2. The highest BCUT2D eigenvalue weighted by atomic mass is 19.1. The Morgan fingerprint density at radius 2 is 2.24 bits per heavy atom. The summed E-state index contributed by atoms with van der Waals surface area (Å²) in [5.74, 6) is 1.31. The van der Waals surface area contributed by atoms with Crippen molar-refractivity contribution in [2.24, 2.45) is 0 Å². The van der Waals surface area contributed by atoms with E-state index in [9.17, 15) is 4.39 Å². The molecule has 4 rings (SSSR count). The summed E-state index contributed by atoms with van der Waals surface area (Å²) in [4.78, 5) is 8.77. The van der Waals surface area contributed by atoms with Gasteiger partial charge in [-0.15, -0.1) is 0 Å². The van der Waals surface area contributed by atoms with Gasteiger partial charge in [0, 0.05) is 24.8 Å². The smallest absolute Gasteiger partial charge is 0.278 e. The average Bonchev–Trinajstić information content (AvgIpc) is 3.14. The van der Waals surface area contributed by atoms with E-state index in [-0.39, 0.29) is 5.82 Å². The van der Waals surface area contributed by atoms with E-state index < -0.39 is 0 Å². The molecule has 0 amide bonds. The number of fused-ring (bicyclic) bond motifs is 1. The van der Waals surface area contributed by atoms with Crippen LogP contribution in [0.25, 0.3) is 23.0 Å². The van der Waals surface area contributed by atoms with E-state index in [1.54, 1.807) is 12.1 Å². The highest BCUT2D eigenvalue weighted by molar-refractivity contribution is 5.57. The monoisotopic (exact) mass is 285 g/mol. The molecule has 0 radical (unpaired) electrons. The molecule has 0 unspecified atom stereocenters. The minimum Gasteiger partial charge on any atom is -0.332 e. The summed E-state index contributed by atoms with van der Waals surface area (Å²) in [7, 11) is 0. The average molecular weight is 285 g/mol. The molecule has 0 atom stereocenters. The Balaban J connectivity index is 1.69. The topological polar surface area (TPSA) is 68.8 Å². The number of aromatic nitrogens is 4. The molecule has 3 heterocycles. The quantitative estimate of drug-likeness (QED) is 0.778. The summed E-state index contributed by atoms with van der Waals surface area (Å²) < 4.78 is 20.5. The van der Waals surface area contributed by atoms with Gasteiger partial charge in [0.15, 0.2) is 0 Å². The largest absolute Gasteiger partial charge is 0.332 e. The van der Waals surface area contributed by atoms with Crippen LogP contribution >= 0.6 is 0 Å². The van der Waals surface area contributed by atoms with Gasteiger partial charge < -0.3 is 14.4 Å². The van der Waals surface area contributed by atoms with Crippen molar-refractivity contribution in [3.8, 4) is 23.0 Å². The van der Waals surface area contributed by atoms with E-state index in [1.807, 2.05) is 6.20 Å². The zero-order chi connectivity index (χ0) is 14.2. The fourth-order valence-corrected chi connectivity index (χ4v) is 2.36. The summed E-state index contributed by atoms with van der Waals surface area (Å²) in [6.45, 7) is 2.51. The Bertz CT molecular complexity index is 771. The first-order chi connectivity index (χ1) is 10.3. The maximum Gasteiger partial charge on any atom is 0.278 e. The molecule has 3 aromatic rings. The van der Waals surface area contributed by atoms with E-state index in [0.29, 0.717) is 23.0 Å². The van der Waals surface area contributed by atoms with E-state index in [1.165, 1.54) is 12.1 Å². The summed E-state index contributed by atoms with van der Waals surface area (Å²) in [6.07, 6.45) is 1.90. The number of rotatable bonds is 2. The van der Waals surface area contributed by atoms with Crippen molar-refractivity contribution < 1.29 is 8.91 Å². The first-order valence-electron chi connectivity index (χ1n) is 6.66. The number of imidazole rings is 1. The van der Waals surface area contributed by atoms with Crippen molar-refractivity contribution >= 4 is 0 Å².